The van der Waals surface area contributed by atoms with E-state index in [4.69, 9.17) is 28.4 Å². The van der Waals surface area contributed by atoms with E-state index >= 15 is 0 Å². The predicted molar refractivity (Wildman–Crippen MR) is 271 cm³/mol. The molecule has 1 N–H and O–H groups in total. The van der Waals surface area contributed by atoms with Crippen LogP contribution in [0.25, 0.3) is 0 Å². The summed E-state index contributed by atoms with van der Waals surface area (Å²) in [4.78, 5) is 80.3. The fraction of sp³-hybridized carbons (Fsp3) is 0.891. The summed E-state index contributed by atoms with van der Waals surface area (Å²) < 4.78 is 33.3. The smallest absolute Gasteiger partial charge is 0.317 e. The highest BCUT2D eigenvalue weighted by molar-refractivity contribution is 5.91. The van der Waals surface area contributed by atoms with Crippen LogP contribution in [-0.4, -0.2) is 113 Å². The quantitative estimate of drug-likeness (QED) is 0.0265. The number of rotatable bonds is 45. The van der Waals surface area contributed by atoms with Crippen LogP contribution in [0, 0.1) is 17.3 Å². The highest BCUT2D eigenvalue weighted by Gasteiger charge is 2.40. The summed E-state index contributed by atoms with van der Waals surface area (Å²) in [6.07, 6.45) is 25.6. The highest BCUT2D eigenvalue weighted by Crippen LogP contribution is 2.26. The molecule has 1 rings (SSSR count). The Balaban J connectivity index is 2.83. The lowest BCUT2D eigenvalue weighted by molar-refractivity contribution is -0.170. The molecular weight excluding hydrogens is 881 g/mol. The number of carbonyl (C=O) groups is 6. The number of hydrogen-bond acceptors (Lipinski definition) is 13. The van der Waals surface area contributed by atoms with Gasteiger partial charge in [0.2, 0.25) is 0 Å². The lowest BCUT2D eigenvalue weighted by Gasteiger charge is -2.32. The van der Waals surface area contributed by atoms with Crippen LogP contribution in [0.4, 0.5) is 0 Å². The normalized spacial score (nSPS) is 14.3. The first-order chi connectivity index (χ1) is 33.3. The van der Waals surface area contributed by atoms with Crippen molar-refractivity contribution in [3.63, 3.8) is 0 Å². The molecule has 3 atom stereocenters. The third-order valence-corrected chi connectivity index (χ3v) is 13.1. The van der Waals surface area contributed by atoms with Crippen molar-refractivity contribution in [1.82, 2.24) is 10.2 Å². The Morgan fingerprint density at radius 2 is 0.957 bits per heavy atom. The van der Waals surface area contributed by atoms with Gasteiger partial charge in [0.05, 0.1) is 32.8 Å². The van der Waals surface area contributed by atoms with Gasteiger partial charge in [0.1, 0.15) is 19.6 Å². The molecule has 0 saturated carbocycles. The molecule has 14 heteroatoms. The van der Waals surface area contributed by atoms with E-state index in [2.05, 4.69) is 37.9 Å². The second-order valence-electron chi connectivity index (χ2n) is 20.2. The molecule has 1 fully saturated rings. The third-order valence-electron chi connectivity index (χ3n) is 13.1. The second kappa shape index (κ2) is 42.4. The van der Waals surface area contributed by atoms with Gasteiger partial charge in [0.25, 0.3) is 5.91 Å². The zero-order valence-corrected chi connectivity index (χ0v) is 44.7. The Morgan fingerprint density at radius 1 is 0.522 bits per heavy atom. The second-order valence-corrected chi connectivity index (χ2v) is 20.2. The van der Waals surface area contributed by atoms with Crippen LogP contribution in [0.3, 0.4) is 0 Å². The minimum Gasteiger partial charge on any atom is -0.465 e. The molecule has 402 valence electrons. The van der Waals surface area contributed by atoms with E-state index in [0.29, 0.717) is 32.3 Å². The zero-order valence-electron chi connectivity index (χ0n) is 44.7. The van der Waals surface area contributed by atoms with Gasteiger partial charge in [-0.15, -0.1) is 0 Å². The van der Waals surface area contributed by atoms with Crippen molar-refractivity contribution in [2.24, 2.45) is 17.3 Å². The Hall–Kier alpha value is -3.26. The summed E-state index contributed by atoms with van der Waals surface area (Å²) in [7, 11) is 0. The van der Waals surface area contributed by atoms with Crippen LogP contribution in [0.15, 0.2) is 0 Å². The van der Waals surface area contributed by atoms with Gasteiger partial charge in [-0.2, -0.15) is 0 Å². The van der Waals surface area contributed by atoms with Crippen molar-refractivity contribution in [2.75, 3.05) is 65.8 Å². The first-order valence-electron chi connectivity index (χ1n) is 27.7. The molecule has 0 radical (unpaired) electrons. The third kappa shape index (κ3) is 35.5. The van der Waals surface area contributed by atoms with Crippen molar-refractivity contribution in [2.45, 2.75) is 234 Å². The van der Waals surface area contributed by atoms with Crippen LogP contribution < -0.4 is 5.32 Å². The lowest BCUT2D eigenvalue weighted by atomic mass is 9.86. The van der Waals surface area contributed by atoms with Gasteiger partial charge in [-0.3, -0.25) is 33.7 Å². The number of esters is 5. The SMILES string of the molecule is CCCCCCCCC(CCCCCC)COC(=O)CCCC(=O)OC(C(=O)NCCC(=O)OCCN1CCOCC1)C(C)(C)COC(=O)CC(=O)OCC(CCCCCC)CCCCCCCC. The number of ether oxygens (including phenoxy) is 6. The van der Waals surface area contributed by atoms with Crippen LogP contribution in [0.1, 0.15) is 228 Å². The van der Waals surface area contributed by atoms with Crippen molar-refractivity contribution in [3.05, 3.63) is 0 Å². The molecule has 0 aliphatic carbocycles. The maximum atomic E-state index is 13.7. The van der Waals surface area contributed by atoms with E-state index in [9.17, 15) is 28.8 Å². The van der Waals surface area contributed by atoms with Crippen molar-refractivity contribution in [1.29, 1.82) is 0 Å². The molecule has 0 aromatic rings. The summed E-state index contributed by atoms with van der Waals surface area (Å²) in [5, 5.41) is 2.68. The molecule has 0 bridgehead atoms. The number of amides is 1. The largest absolute Gasteiger partial charge is 0.465 e. The summed E-state index contributed by atoms with van der Waals surface area (Å²) in [5.74, 6) is -3.19. The maximum absolute atomic E-state index is 13.7. The van der Waals surface area contributed by atoms with E-state index in [1.54, 1.807) is 13.8 Å². The Morgan fingerprint density at radius 3 is 1.48 bits per heavy atom. The Kier molecular flexibility index (Phi) is 39.2. The molecule has 3 unspecified atom stereocenters. The summed E-state index contributed by atoms with van der Waals surface area (Å²) in [5.41, 5.74) is -1.25. The van der Waals surface area contributed by atoms with Gasteiger partial charge in [-0.05, 0) is 43.9 Å². The maximum Gasteiger partial charge on any atom is 0.317 e. The Bertz CT molecular complexity index is 1350. The van der Waals surface area contributed by atoms with Crippen LogP contribution >= 0.6 is 0 Å². The molecular formula is C55H100N2O12. The van der Waals surface area contributed by atoms with E-state index < -0.39 is 47.7 Å². The van der Waals surface area contributed by atoms with Gasteiger partial charge >= 0.3 is 29.8 Å². The van der Waals surface area contributed by atoms with Crippen LogP contribution in [0.2, 0.25) is 0 Å². The molecule has 0 aromatic carbocycles. The monoisotopic (exact) mass is 981 g/mol. The number of unbranched alkanes of at least 4 members (excludes halogenated alkanes) is 16. The number of nitrogens with one attached hydrogen (secondary N) is 1. The summed E-state index contributed by atoms with van der Waals surface area (Å²) in [6, 6.07) is 0. The van der Waals surface area contributed by atoms with E-state index in [1.165, 1.54) is 83.5 Å². The van der Waals surface area contributed by atoms with Gasteiger partial charge in [0, 0.05) is 44.4 Å². The molecule has 0 spiro atoms. The fourth-order valence-electron chi connectivity index (χ4n) is 8.53. The van der Waals surface area contributed by atoms with Crippen LogP contribution in [-0.2, 0) is 57.2 Å². The molecule has 1 heterocycles. The molecule has 1 aliphatic rings. The average molecular weight is 981 g/mol. The number of carbonyl (C=O) groups excluding carboxylic acids is 6. The van der Waals surface area contributed by atoms with Crippen molar-refractivity contribution in [3.8, 4) is 0 Å². The summed E-state index contributed by atoms with van der Waals surface area (Å²) >= 11 is 0. The van der Waals surface area contributed by atoms with Gasteiger partial charge in [-0.1, -0.05) is 170 Å². The minimum atomic E-state index is -1.43. The van der Waals surface area contributed by atoms with Gasteiger partial charge in [0.15, 0.2) is 6.10 Å². The molecule has 1 aliphatic heterocycles. The summed E-state index contributed by atoms with van der Waals surface area (Å²) in [6.45, 7) is 15.8. The zero-order chi connectivity index (χ0) is 50.8. The van der Waals surface area contributed by atoms with Crippen LogP contribution in [0.5, 0.6) is 0 Å². The van der Waals surface area contributed by atoms with Crippen molar-refractivity contribution >= 4 is 35.8 Å². The minimum absolute atomic E-state index is 0.0228. The molecule has 1 saturated heterocycles. The molecule has 0 aromatic heterocycles. The highest BCUT2D eigenvalue weighted by atomic mass is 16.6. The van der Waals surface area contributed by atoms with Crippen molar-refractivity contribution < 1.29 is 57.2 Å². The fourth-order valence-corrected chi connectivity index (χ4v) is 8.53. The van der Waals surface area contributed by atoms with E-state index in [-0.39, 0.29) is 63.9 Å². The number of nitrogens with zero attached hydrogens (tertiary/aromatic N) is 1. The average Bonchev–Trinajstić information content (AvgIpc) is 3.33. The van der Waals surface area contributed by atoms with Gasteiger partial charge < -0.3 is 33.7 Å². The van der Waals surface area contributed by atoms with E-state index in [1.807, 2.05) is 0 Å². The van der Waals surface area contributed by atoms with Gasteiger partial charge in [-0.25, -0.2) is 0 Å². The number of hydrogen-bond donors (Lipinski definition) is 1. The lowest BCUT2D eigenvalue weighted by Crippen LogP contribution is -2.49. The topological polar surface area (TPSA) is 173 Å². The molecule has 14 nitrogen and oxygen atoms in total. The van der Waals surface area contributed by atoms with E-state index in [0.717, 1.165) is 83.7 Å². The Labute approximate surface area is 418 Å². The predicted octanol–water partition coefficient (Wildman–Crippen LogP) is 11.2. The number of morpholine rings is 1. The molecule has 69 heavy (non-hydrogen) atoms. The first-order valence-corrected chi connectivity index (χ1v) is 27.7. The standard InChI is InChI=1S/C55H100N2O12/c1-7-11-15-19-21-25-30-46(28-23-17-13-9-3)43-66-48(58)32-27-33-50(60)69-53(54(63)56-35-34-49(59)65-41-38-57-36-39-64-40-37-57)55(5,6)45-68-52(62)42-51(61)67-44-47(29-24-18-14-10-4)31-26-22-20-16-12-8-2/h46-47,53H,7-45H2,1-6H3,(H,56,63). The first kappa shape index (κ1) is 63.8. The molecule has 1 amide bonds.